The van der Waals surface area contributed by atoms with Gasteiger partial charge in [-0.2, -0.15) is 0 Å². The van der Waals surface area contributed by atoms with Crippen molar-refractivity contribution in [1.82, 2.24) is 0 Å². The van der Waals surface area contributed by atoms with Gasteiger partial charge in [0, 0.05) is 0 Å². The fraction of sp³-hybridized carbons (Fsp3) is 0.867. The van der Waals surface area contributed by atoms with Gasteiger partial charge in [-0.3, -0.25) is 0 Å². The molecule has 1 aliphatic rings. The van der Waals surface area contributed by atoms with Gasteiger partial charge in [0.25, 0.3) is 0 Å². The summed E-state index contributed by atoms with van der Waals surface area (Å²) in [6.45, 7) is 46.9. The summed E-state index contributed by atoms with van der Waals surface area (Å²) in [7, 11) is -4.87. The Labute approximate surface area is 221 Å². The maximum absolute atomic E-state index is 2.83. The third kappa shape index (κ3) is 4.92. The summed E-state index contributed by atoms with van der Waals surface area (Å²) in [6.07, 6.45) is 5.17. The normalized spacial score (nSPS) is 18.9. The highest BCUT2D eigenvalue weighted by Gasteiger charge is 2.62. The van der Waals surface area contributed by atoms with Gasteiger partial charge in [0.1, 0.15) is 16.6 Å². The van der Waals surface area contributed by atoms with E-state index >= 15 is 0 Å². The van der Waals surface area contributed by atoms with Crippen molar-refractivity contribution in [2.75, 3.05) is 0 Å². The average molecular weight is 535 g/mol. The molecule has 1 aliphatic heterocycles. The summed E-state index contributed by atoms with van der Waals surface area (Å²) in [5.74, 6) is 0. The first-order valence-corrected chi connectivity index (χ1v) is 24.2. The van der Waals surface area contributed by atoms with E-state index in [0.717, 1.165) is 0 Å². The molecule has 0 aromatic heterocycles. The maximum Gasteiger partial charge on any atom is 0.101 e. The molecule has 0 saturated heterocycles. The quantitative estimate of drug-likeness (QED) is 0.297. The lowest BCUT2D eigenvalue weighted by Crippen LogP contribution is -2.68. The Morgan fingerprint density at radius 1 is 0.412 bits per heavy atom. The van der Waals surface area contributed by atoms with Gasteiger partial charge in [0.05, 0.1) is 15.2 Å². The van der Waals surface area contributed by atoms with E-state index in [-0.39, 0.29) is 0 Å². The van der Waals surface area contributed by atoms with Crippen LogP contribution in [0.1, 0.15) is 136 Å². The highest BCUT2D eigenvalue weighted by molar-refractivity contribution is 7.44. The van der Waals surface area contributed by atoms with E-state index in [2.05, 4.69) is 124 Å². The molecule has 0 saturated carbocycles. The van der Waals surface area contributed by atoms with Crippen molar-refractivity contribution in [3.05, 3.63) is 20.8 Å². The Hall–Kier alpha value is 0.348. The van der Waals surface area contributed by atoms with Crippen LogP contribution in [0.5, 0.6) is 0 Å². The lowest BCUT2D eigenvalue weighted by atomic mass is 10.2. The zero-order valence-electron chi connectivity index (χ0n) is 26.8. The van der Waals surface area contributed by atoms with Gasteiger partial charge in [-0.1, -0.05) is 145 Å². The smallest absolute Gasteiger partial charge is 0.0852 e. The summed E-state index contributed by atoms with van der Waals surface area (Å²) in [6, 6.07) is 0. The minimum atomic E-state index is -1.70. The summed E-state index contributed by atoms with van der Waals surface area (Å²) in [4.78, 5) is 0. The Balaban J connectivity index is 4.36. The van der Waals surface area contributed by atoms with E-state index < -0.39 is 31.8 Å². The van der Waals surface area contributed by atoms with Gasteiger partial charge in [-0.25, -0.2) is 0 Å². The number of hydrogen-bond donors (Lipinski definition) is 0. The van der Waals surface area contributed by atoms with Gasteiger partial charge in [-0.15, -0.1) is 0 Å². The largest absolute Gasteiger partial charge is 0.101 e. The SMILES string of the molecule is CCC1=C(CC)[Si]([Si](C)(C(C)(C)C)C(C)(C)C)C(CC)=C(CC)[Si]1[Si](C)(C(C)(C)C)C(C)(C)C. The van der Waals surface area contributed by atoms with Crippen molar-refractivity contribution in [2.24, 2.45) is 0 Å². The molecule has 0 unspecified atom stereocenters. The van der Waals surface area contributed by atoms with E-state index in [1.54, 1.807) is 0 Å². The summed E-state index contributed by atoms with van der Waals surface area (Å²) < 4.78 is 0. The van der Waals surface area contributed by atoms with Crippen LogP contribution in [0.25, 0.3) is 0 Å². The minimum Gasteiger partial charge on any atom is -0.0852 e. The first kappa shape index (κ1) is 32.4. The topological polar surface area (TPSA) is 0 Å². The molecule has 1 heterocycles. The molecule has 0 fully saturated rings. The summed E-state index contributed by atoms with van der Waals surface area (Å²) in [5, 5.41) is 9.66. The fourth-order valence-electron chi connectivity index (χ4n) is 7.49. The zero-order valence-corrected chi connectivity index (χ0v) is 30.8. The molecule has 0 atom stereocenters. The second-order valence-corrected chi connectivity index (χ2v) is 38.7. The Morgan fingerprint density at radius 2 is 0.559 bits per heavy atom. The Morgan fingerprint density at radius 3 is 0.647 bits per heavy atom. The predicted molar refractivity (Wildman–Crippen MR) is 169 cm³/mol. The van der Waals surface area contributed by atoms with Gasteiger partial charge < -0.3 is 0 Å². The van der Waals surface area contributed by atoms with E-state index in [0.29, 0.717) is 20.2 Å². The molecule has 198 valence electrons. The molecule has 0 bridgehead atoms. The Kier molecular flexibility index (Phi) is 9.76. The molecule has 0 amide bonds. The van der Waals surface area contributed by atoms with Crippen molar-refractivity contribution in [3.8, 4) is 0 Å². The highest BCUT2D eigenvalue weighted by Crippen LogP contribution is 2.60. The Bertz CT molecular complexity index is 664. The zero-order chi connectivity index (χ0) is 27.3. The van der Waals surface area contributed by atoms with E-state index in [1.807, 2.05) is 20.8 Å². The maximum atomic E-state index is 2.83. The van der Waals surface area contributed by atoms with Crippen LogP contribution in [-0.4, -0.2) is 31.8 Å². The highest BCUT2D eigenvalue weighted by atomic mass is 29.2. The minimum absolute atomic E-state index is 0.400. The van der Waals surface area contributed by atoms with Gasteiger partial charge in [-0.05, 0) is 45.8 Å². The monoisotopic (exact) mass is 534 g/mol. The molecule has 0 aromatic rings. The van der Waals surface area contributed by atoms with Gasteiger partial charge >= 0.3 is 0 Å². The van der Waals surface area contributed by atoms with Gasteiger partial charge in [0.15, 0.2) is 0 Å². The van der Waals surface area contributed by atoms with Crippen LogP contribution in [0.15, 0.2) is 20.8 Å². The first-order valence-electron chi connectivity index (χ1n) is 14.2. The van der Waals surface area contributed by atoms with E-state index in [1.165, 1.54) is 25.7 Å². The summed E-state index contributed by atoms with van der Waals surface area (Å²) in [5.41, 5.74) is 0. The second-order valence-electron chi connectivity index (χ2n) is 15.3. The predicted octanol–water partition coefficient (Wildman–Crippen LogP) is 10.9. The van der Waals surface area contributed by atoms with Crippen LogP contribution >= 0.6 is 0 Å². The fourth-order valence-corrected chi connectivity index (χ4v) is 44.6. The van der Waals surface area contributed by atoms with Crippen LogP contribution in [0.2, 0.25) is 33.2 Å². The molecule has 34 heavy (non-hydrogen) atoms. The molecular weight excluding hydrogens is 473 g/mol. The third-order valence-electron chi connectivity index (χ3n) is 10.3. The van der Waals surface area contributed by atoms with Crippen molar-refractivity contribution >= 4 is 31.8 Å². The van der Waals surface area contributed by atoms with Crippen molar-refractivity contribution < 1.29 is 0 Å². The van der Waals surface area contributed by atoms with Crippen LogP contribution in [0.4, 0.5) is 0 Å². The lowest BCUT2D eigenvalue weighted by molar-refractivity contribution is 0.633. The van der Waals surface area contributed by atoms with Crippen LogP contribution in [0, 0.1) is 0 Å². The lowest BCUT2D eigenvalue weighted by Gasteiger charge is -2.60. The van der Waals surface area contributed by atoms with Crippen molar-refractivity contribution in [2.45, 2.75) is 170 Å². The molecule has 0 aliphatic carbocycles. The van der Waals surface area contributed by atoms with Crippen molar-refractivity contribution in [3.63, 3.8) is 0 Å². The molecule has 2 radical (unpaired) electrons. The number of hydrogen-bond acceptors (Lipinski definition) is 0. The second kappa shape index (κ2) is 10.2. The van der Waals surface area contributed by atoms with Crippen molar-refractivity contribution in [1.29, 1.82) is 0 Å². The molecule has 1 rings (SSSR count). The van der Waals surface area contributed by atoms with E-state index in [4.69, 9.17) is 0 Å². The molecule has 0 aromatic carbocycles. The number of allylic oxidation sites excluding steroid dienone is 4. The van der Waals surface area contributed by atoms with Crippen LogP contribution in [-0.2, 0) is 0 Å². The first-order chi connectivity index (χ1) is 15.0. The summed E-state index contributed by atoms with van der Waals surface area (Å²) >= 11 is 0. The molecule has 0 nitrogen and oxygen atoms in total. The molecule has 0 N–H and O–H groups in total. The van der Waals surface area contributed by atoms with Crippen LogP contribution < -0.4 is 0 Å². The molecular formula is C30H62Si4. The van der Waals surface area contributed by atoms with Gasteiger partial charge in [0.2, 0.25) is 0 Å². The van der Waals surface area contributed by atoms with E-state index in [9.17, 15) is 0 Å². The van der Waals surface area contributed by atoms with Crippen LogP contribution in [0.3, 0.4) is 0 Å². The average Bonchev–Trinajstić information content (AvgIpc) is 2.66. The standard InChI is InChI=1S/C30H62Si4/c1-19-23-24(20-2)32(34(18,29(11,12)13)30(14,15)16)26(22-4)25(21-3)31(23)33(17,27(5,6)7)28(8,9)10/h19-22H2,1-18H3. The number of rotatable bonds is 6. The third-order valence-corrected chi connectivity index (χ3v) is 48.5. The molecule has 0 spiro atoms. The molecule has 4 heteroatoms.